The molecule has 1 aliphatic carbocycles. The second kappa shape index (κ2) is 7.91. The number of thiophene rings is 1. The number of amides is 1. The molecule has 0 radical (unpaired) electrons. The van der Waals surface area contributed by atoms with Crippen molar-refractivity contribution >= 4 is 28.2 Å². The van der Waals surface area contributed by atoms with Gasteiger partial charge in [0.05, 0.1) is 19.8 Å². The molecular weight excluding hydrogens is 350 g/mol. The summed E-state index contributed by atoms with van der Waals surface area (Å²) in [5, 5.41) is 3.49. The predicted octanol–water partition coefficient (Wildman–Crippen LogP) is 4.31. The highest BCUT2D eigenvalue weighted by atomic mass is 32.1. The lowest BCUT2D eigenvalue weighted by Crippen LogP contribution is -2.16. The smallest absolute Gasteiger partial charge is 0.341 e. The van der Waals surface area contributed by atoms with Crippen LogP contribution in [0.15, 0.2) is 24.3 Å². The van der Waals surface area contributed by atoms with Crippen LogP contribution >= 0.6 is 11.3 Å². The Bertz CT molecular complexity index is 810. The van der Waals surface area contributed by atoms with Crippen LogP contribution in [0.2, 0.25) is 0 Å². The fourth-order valence-electron chi connectivity index (χ4n) is 3.33. The quantitative estimate of drug-likeness (QED) is 0.793. The SMILES string of the molecule is CCC1CCc2c(sc(NC(=O)c3ccc(OC)cc3)c2C(=O)OC)C1. The van der Waals surface area contributed by atoms with Crippen molar-refractivity contribution in [3.8, 4) is 5.75 Å². The zero-order valence-corrected chi connectivity index (χ0v) is 16.1. The molecule has 0 saturated carbocycles. The van der Waals surface area contributed by atoms with Crippen LogP contribution in [-0.2, 0) is 17.6 Å². The van der Waals surface area contributed by atoms with Gasteiger partial charge in [0.2, 0.25) is 0 Å². The Kier molecular flexibility index (Phi) is 5.61. The first-order chi connectivity index (χ1) is 12.6. The third-order valence-corrected chi connectivity index (χ3v) is 6.08. The third kappa shape index (κ3) is 3.60. The third-order valence-electron chi connectivity index (χ3n) is 4.91. The van der Waals surface area contributed by atoms with Crippen LogP contribution in [0.4, 0.5) is 5.00 Å². The molecule has 1 aromatic heterocycles. The number of rotatable bonds is 5. The lowest BCUT2D eigenvalue weighted by molar-refractivity contribution is 0.0601. The highest BCUT2D eigenvalue weighted by Gasteiger charge is 2.29. The van der Waals surface area contributed by atoms with Crippen LogP contribution in [0.5, 0.6) is 5.75 Å². The number of esters is 1. The van der Waals surface area contributed by atoms with Crippen molar-refractivity contribution in [2.45, 2.75) is 32.6 Å². The van der Waals surface area contributed by atoms with E-state index < -0.39 is 0 Å². The number of hydrogen-bond acceptors (Lipinski definition) is 5. The average molecular weight is 373 g/mol. The van der Waals surface area contributed by atoms with Crippen LogP contribution in [0.1, 0.15) is 50.9 Å². The van der Waals surface area contributed by atoms with Crippen molar-refractivity contribution in [3.63, 3.8) is 0 Å². The van der Waals surface area contributed by atoms with Gasteiger partial charge in [-0.25, -0.2) is 4.79 Å². The molecule has 138 valence electrons. The largest absolute Gasteiger partial charge is 0.497 e. The lowest BCUT2D eigenvalue weighted by atomic mass is 9.85. The zero-order chi connectivity index (χ0) is 18.7. The molecule has 1 N–H and O–H groups in total. The Hall–Kier alpha value is -2.34. The molecule has 1 aliphatic rings. The first-order valence-corrected chi connectivity index (χ1v) is 9.57. The van der Waals surface area contributed by atoms with Crippen LogP contribution < -0.4 is 10.1 Å². The lowest BCUT2D eigenvalue weighted by Gasteiger charge is -2.20. The van der Waals surface area contributed by atoms with Crippen molar-refractivity contribution in [1.29, 1.82) is 0 Å². The molecule has 6 heteroatoms. The van der Waals surface area contributed by atoms with Crippen molar-refractivity contribution in [1.82, 2.24) is 0 Å². The standard InChI is InChI=1S/C20H23NO4S/c1-4-12-5-10-15-16(11-12)26-19(17(15)20(23)25-3)21-18(22)13-6-8-14(24-2)9-7-13/h6-9,12H,4-5,10-11H2,1-3H3,(H,21,22). The number of carbonyl (C=O) groups excluding carboxylic acids is 2. The molecule has 1 unspecified atom stereocenters. The molecule has 1 amide bonds. The summed E-state index contributed by atoms with van der Waals surface area (Å²) in [6, 6.07) is 6.88. The molecule has 2 aromatic rings. The minimum absolute atomic E-state index is 0.247. The minimum Gasteiger partial charge on any atom is -0.497 e. The van der Waals surface area contributed by atoms with Crippen LogP contribution in [0, 0.1) is 5.92 Å². The molecule has 1 heterocycles. The molecule has 0 bridgehead atoms. The van der Waals surface area contributed by atoms with Gasteiger partial charge in [-0.1, -0.05) is 13.3 Å². The van der Waals surface area contributed by atoms with E-state index in [-0.39, 0.29) is 11.9 Å². The van der Waals surface area contributed by atoms with Gasteiger partial charge in [0.1, 0.15) is 10.8 Å². The summed E-state index contributed by atoms with van der Waals surface area (Å²) in [6.07, 6.45) is 4.00. The van der Waals surface area contributed by atoms with Crippen molar-refractivity contribution in [2.75, 3.05) is 19.5 Å². The van der Waals surface area contributed by atoms with Gasteiger partial charge < -0.3 is 14.8 Å². The summed E-state index contributed by atoms with van der Waals surface area (Å²) < 4.78 is 10.1. The Morgan fingerprint density at radius 1 is 1.23 bits per heavy atom. The summed E-state index contributed by atoms with van der Waals surface area (Å²) in [5.74, 6) is 0.691. The van der Waals surface area contributed by atoms with Crippen LogP contribution in [-0.4, -0.2) is 26.1 Å². The van der Waals surface area contributed by atoms with Crippen LogP contribution in [0.25, 0.3) is 0 Å². The van der Waals surface area contributed by atoms with E-state index in [0.717, 1.165) is 31.2 Å². The Labute approximate surface area is 157 Å². The average Bonchev–Trinajstić information content (AvgIpc) is 3.04. The highest BCUT2D eigenvalue weighted by molar-refractivity contribution is 7.17. The molecule has 0 saturated heterocycles. The molecule has 1 atom stereocenters. The van der Waals surface area contributed by atoms with E-state index in [0.29, 0.717) is 27.8 Å². The Balaban J connectivity index is 1.89. The van der Waals surface area contributed by atoms with E-state index in [1.165, 1.54) is 23.3 Å². The molecule has 5 nitrogen and oxygen atoms in total. The van der Waals surface area contributed by atoms with Gasteiger partial charge in [0.15, 0.2) is 0 Å². The maximum atomic E-state index is 12.6. The van der Waals surface area contributed by atoms with E-state index in [1.54, 1.807) is 31.4 Å². The summed E-state index contributed by atoms with van der Waals surface area (Å²) in [4.78, 5) is 26.1. The van der Waals surface area contributed by atoms with Gasteiger partial charge in [-0.3, -0.25) is 4.79 Å². The summed E-state index contributed by atoms with van der Waals surface area (Å²) in [5.41, 5.74) is 2.07. The van der Waals surface area contributed by atoms with Gasteiger partial charge in [-0.2, -0.15) is 0 Å². The van der Waals surface area contributed by atoms with Gasteiger partial charge >= 0.3 is 5.97 Å². The summed E-state index contributed by atoms with van der Waals surface area (Å²) in [7, 11) is 2.95. The first kappa shape index (κ1) is 18.5. The fourth-order valence-corrected chi connectivity index (χ4v) is 4.67. The van der Waals surface area contributed by atoms with Gasteiger partial charge in [0.25, 0.3) is 5.91 Å². The van der Waals surface area contributed by atoms with Crippen LogP contribution in [0.3, 0.4) is 0 Å². The maximum absolute atomic E-state index is 12.6. The number of nitrogens with one attached hydrogen (secondary N) is 1. The first-order valence-electron chi connectivity index (χ1n) is 8.75. The summed E-state index contributed by atoms with van der Waals surface area (Å²) >= 11 is 1.50. The molecule has 0 aliphatic heterocycles. The predicted molar refractivity (Wildman–Crippen MR) is 102 cm³/mol. The second-order valence-electron chi connectivity index (χ2n) is 6.40. The fraction of sp³-hybridized carbons (Fsp3) is 0.400. The zero-order valence-electron chi connectivity index (χ0n) is 15.3. The van der Waals surface area contributed by atoms with E-state index in [2.05, 4.69) is 12.2 Å². The minimum atomic E-state index is -0.387. The van der Waals surface area contributed by atoms with Crippen molar-refractivity contribution in [3.05, 3.63) is 45.8 Å². The number of ether oxygens (including phenoxy) is 2. The highest BCUT2D eigenvalue weighted by Crippen LogP contribution is 2.40. The Morgan fingerprint density at radius 3 is 2.58 bits per heavy atom. The number of benzene rings is 1. The number of hydrogen-bond donors (Lipinski definition) is 1. The molecule has 26 heavy (non-hydrogen) atoms. The van der Waals surface area contributed by atoms with Gasteiger partial charge in [-0.05, 0) is 55.0 Å². The molecule has 1 aromatic carbocycles. The van der Waals surface area contributed by atoms with Gasteiger partial charge in [0, 0.05) is 10.4 Å². The van der Waals surface area contributed by atoms with E-state index in [9.17, 15) is 9.59 Å². The van der Waals surface area contributed by atoms with E-state index in [1.807, 2.05) is 0 Å². The number of anilines is 1. The number of carbonyl (C=O) groups is 2. The molecule has 0 fully saturated rings. The molecular formula is C20H23NO4S. The van der Waals surface area contributed by atoms with Gasteiger partial charge in [-0.15, -0.1) is 11.3 Å². The molecule has 3 rings (SSSR count). The topological polar surface area (TPSA) is 64.6 Å². The summed E-state index contributed by atoms with van der Waals surface area (Å²) in [6.45, 7) is 2.19. The number of methoxy groups -OCH3 is 2. The van der Waals surface area contributed by atoms with Crippen molar-refractivity contribution in [2.24, 2.45) is 5.92 Å². The monoisotopic (exact) mass is 373 g/mol. The van der Waals surface area contributed by atoms with E-state index >= 15 is 0 Å². The molecule has 0 spiro atoms. The second-order valence-corrected chi connectivity index (χ2v) is 7.50. The maximum Gasteiger partial charge on any atom is 0.341 e. The number of fused-ring (bicyclic) bond motifs is 1. The Morgan fingerprint density at radius 2 is 1.96 bits per heavy atom. The van der Waals surface area contributed by atoms with Crippen molar-refractivity contribution < 1.29 is 19.1 Å². The van der Waals surface area contributed by atoms with E-state index in [4.69, 9.17) is 9.47 Å². The normalized spacial score (nSPS) is 15.9.